The number of rotatable bonds is 20. The Morgan fingerprint density at radius 1 is 0.740 bits per heavy atom. The summed E-state index contributed by atoms with van der Waals surface area (Å²) in [7, 11) is 0. The Labute approximate surface area is 293 Å². The van der Waals surface area contributed by atoms with Gasteiger partial charge in [-0.3, -0.25) is 24.2 Å². The number of aliphatic imine (C=N–C) groups is 1. The molecule has 0 spiro atoms. The topological polar surface area (TPSA) is 270 Å². The van der Waals surface area contributed by atoms with Crippen molar-refractivity contribution in [2.45, 2.75) is 108 Å². The van der Waals surface area contributed by atoms with Crippen molar-refractivity contribution < 1.29 is 29.1 Å². The summed E-state index contributed by atoms with van der Waals surface area (Å²) in [5.41, 5.74) is 22.9. The minimum Gasteiger partial charge on any atom is -0.465 e. The molecule has 276 valence electrons. The second-order valence-corrected chi connectivity index (χ2v) is 14.6. The highest BCUT2D eigenvalue weighted by molar-refractivity contribution is 5.95. The highest BCUT2D eigenvalue weighted by Crippen LogP contribution is 2.61. The van der Waals surface area contributed by atoms with E-state index in [-0.39, 0.29) is 30.8 Å². The van der Waals surface area contributed by atoms with E-state index < -0.39 is 53.9 Å². The molecule has 4 aliphatic carbocycles. The van der Waals surface area contributed by atoms with E-state index in [1.807, 2.05) is 6.07 Å². The van der Waals surface area contributed by atoms with Crippen LogP contribution in [0.3, 0.4) is 0 Å². The highest BCUT2D eigenvalue weighted by atomic mass is 16.4. The normalized spacial score (nSPS) is 24.2. The zero-order chi connectivity index (χ0) is 36.3. The molecule has 4 aliphatic rings. The Morgan fingerprint density at radius 3 is 1.84 bits per heavy atom. The molecule has 0 heterocycles. The fraction of sp³-hybridized carbons (Fsp3) is 0.657. The second-order valence-electron chi connectivity index (χ2n) is 14.6. The lowest BCUT2D eigenvalue weighted by molar-refractivity contribution is -0.136. The maximum atomic E-state index is 14.1. The first-order chi connectivity index (χ1) is 23.9. The highest BCUT2D eigenvalue weighted by Gasteiger charge is 2.52. The van der Waals surface area contributed by atoms with E-state index >= 15 is 0 Å². The third-order valence-electron chi connectivity index (χ3n) is 10.5. The van der Waals surface area contributed by atoms with E-state index in [1.165, 1.54) is 19.3 Å². The number of nitrogens with zero attached hydrogens (tertiary/aromatic N) is 1. The number of hydrogen-bond donors (Lipinski definition) is 9. The molecule has 4 atom stereocenters. The van der Waals surface area contributed by atoms with Gasteiger partial charge in [0.15, 0.2) is 5.96 Å². The maximum absolute atomic E-state index is 14.1. The molecule has 0 saturated heterocycles. The Bertz CT molecular complexity index is 1330. The van der Waals surface area contributed by atoms with Crippen LogP contribution in [-0.4, -0.2) is 78.0 Å². The van der Waals surface area contributed by atoms with Gasteiger partial charge >= 0.3 is 6.09 Å². The van der Waals surface area contributed by atoms with Gasteiger partial charge in [-0.15, -0.1) is 0 Å². The number of unbranched alkanes of at least 4 members (excludes halogenated alkanes) is 1. The first-order valence-electron chi connectivity index (χ1n) is 17.9. The molecule has 0 radical (unpaired) electrons. The molecular formula is C35H55N9O6. The molecule has 4 fully saturated rings. The van der Waals surface area contributed by atoms with Crippen LogP contribution in [0.1, 0.15) is 82.6 Å². The quantitative estimate of drug-likeness (QED) is 0.0523. The predicted molar refractivity (Wildman–Crippen MR) is 188 cm³/mol. The zero-order valence-corrected chi connectivity index (χ0v) is 28.8. The van der Waals surface area contributed by atoms with Gasteiger partial charge in [0.25, 0.3) is 0 Å². The number of carboxylic acid groups (broad SMARTS) is 1. The van der Waals surface area contributed by atoms with Gasteiger partial charge in [-0.25, -0.2) is 4.79 Å². The van der Waals surface area contributed by atoms with Crippen molar-refractivity contribution in [3.8, 4) is 0 Å². The molecular weight excluding hydrogens is 642 g/mol. The van der Waals surface area contributed by atoms with E-state index in [0.717, 1.165) is 24.8 Å². The summed E-state index contributed by atoms with van der Waals surface area (Å²) in [6.45, 7) is 0.623. The molecule has 5 rings (SSSR count). The SMILES string of the molecule is NCCCCC(NC(=O)[C@H](CC12CC3CC(CC(C3)C1)C2)NC(=O)[C@@H](CCCN=C(N)N)NC(=O)[C@H](Cc1ccccc1)NC(=O)O)C(N)=O. The lowest BCUT2D eigenvalue weighted by atomic mass is 9.48. The molecule has 1 unspecified atom stereocenters. The van der Waals surface area contributed by atoms with Crippen molar-refractivity contribution in [3.63, 3.8) is 0 Å². The summed E-state index contributed by atoms with van der Waals surface area (Å²) in [6, 6.07) is 4.64. The van der Waals surface area contributed by atoms with Crippen LogP contribution in [0.4, 0.5) is 4.79 Å². The number of carbonyl (C=O) groups excluding carboxylic acids is 4. The molecule has 50 heavy (non-hydrogen) atoms. The van der Waals surface area contributed by atoms with Crippen molar-refractivity contribution in [1.29, 1.82) is 0 Å². The van der Waals surface area contributed by atoms with Crippen molar-refractivity contribution >= 4 is 35.7 Å². The van der Waals surface area contributed by atoms with Gasteiger partial charge in [-0.2, -0.15) is 0 Å². The lowest BCUT2D eigenvalue weighted by Crippen LogP contribution is -2.60. The Balaban J connectivity index is 1.56. The maximum Gasteiger partial charge on any atom is 0.405 e. The van der Waals surface area contributed by atoms with Crippen LogP contribution in [0.15, 0.2) is 35.3 Å². The molecule has 13 N–H and O–H groups in total. The molecule has 1 aromatic carbocycles. The van der Waals surface area contributed by atoms with E-state index in [9.17, 15) is 29.1 Å². The standard InChI is InChI=1S/C35H55N9O6/c36-11-5-4-9-25(29(37)45)41-32(48)28(20-35-17-22-13-23(18-35)15-24(14-22)19-35)43-30(46)26(10-6-12-40-33(38)39)42-31(47)27(44-34(49)50)16-21-7-2-1-3-8-21/h1-3,7-8,22-28,44H,4-6,9-20,36H2,(H2,37,45)(H,41,48)(H,42,47)(H,43,46)(H,49,50)(H4,38,39,40)/t22?,23?,24?,25?,26-,27+,28+,35?/m1/s1. The van der Waals surface area contributed by atoms with Crippen LogP contribution in [0.2, 0.25) is 0 Å². The fourth-order valence-corrected chi connectivity index (χ4v) is 8.76. The molecule has 15 heteroatoms. The number of nitrogens with two attached hydrogens (primary N) is 4. The van der Waals surface area contributed by atoms with E-state index in [4.69, 9.17) is 22.9 Å². The Morgan fingerprint density at radius 2 is 1.28 bits per heavy atom. The number of guanidine groups is 1. The van der Waals surface area contributed by atoms with E-state index in [2.05, 4.69) is 26.3 Å². The van der Waals surface area contributed by atoms with E-state index in [1.54, 1.807) is 24.3 Å². The molecule has 15 nitrogen and oxygen atoms in total. The summed E-state index contributed by atoms with van der Waals surface area (Å²) < 4.78 is 0. The molecule has 1 aromatic rings. The zero-order valence-electron chi connectivity index (χ0n) is 28.8. The van der Waals surface area contributed by atoms with Gasteiger partial charge in [-0.1, -0.05) is 30.3 Å². The monoisotopic (exact) mass is 697 g/mol. The van der Waals surface area contributed by atoms with E-state index in [0.29, 0.717) is 56.4 Å². The average Bonchev–Trinajstić information content (AvgIpc) is 3.04. The fourth-order valence-electron chi connectivity index (χ4n) is 8.76. The van der Waals surface area contributed by atoms with Gasteiger partial charge < -0.3 is 49.3 Å². The predicted octanol–water partition coefficient (Wildman–Crippen LogP) is 0.594. The van der Waals surface area contributed by atoms with Gasteiger partial charge in [0.05, 0.1) is 0 Å². The molecule has 5 amide bonds. The number of carbonyl (C=O) groups is 5. The molecule has 0 aromatic heterocycles. The van der Waals surface area contributed by atoms with Gasteiger partial charge in [0, 0.05) is 13.0 Å². The third kappa shape index (κ3) is 11.3. The van der Waals surface area contributed by atoms with Crippen LogP contribution >= 0.6 is 0 Å². The minimum absolute atomic E-state index is 0.0526. The first kappa shape index (κ1) is 38.4. The Kier molecular flexibility index (Phi) is 13.8. The number of benzene rings is 1. The summed E-state index contributed by atoms with van der Waals surface area (Å²) in [5, 5.41) is 20.2. The summed E-state index contributed by atoms with van der Waals surface area (Å²) >= 11 is 0. The molecule has 4 saturated carbocycles. The summed E-state index contributed by atoms with van der Waals surface area (Å²) in [5.74, 6) is -0.814. The van der Waals surface area contributed by atoms with Crippen LogP contribution in [0.25, 0.3) is 0 Å². The first-order valence-corrected chi connectivity index (χ1v) is 17.9. The van der Waals surface area contributed by atoms with Crippen molar-refractivity contribution in [2.24, 2.45) is 51.1 Å². The van der Waals surface area contributed by atoms with Gasteiger partial charge in [-0.05, 0) is 112 Å². The number of primary amides is 1. The van der Waals surface area contributed by atoms with Crippen LogP contribution < -0.4 is 44.2 Å². The third-order valence-corrected chi connectivity index (χ3v) is 10.5. The summed E-state index contributed by atoms with van der Waals surface area (Å²) in [4.78, 5) is 69.7. The van der Waals surface area contributed by atoms with Crippen molar-refractivity contribution in [2.75, 3.05) is 13.1 Å². The largest absolute Gasteiger partial charge is 0.465 e. The van der Waals surface area contributed by atoms with Crippen molar-refractivity contribution in [3.05, 3.63) is 35.9 Å². The van der Waals surface area contributed by atoms with Crippen molar-refractivity contribution in [1.82, 2.24) is 21.3 Å². The van der Waals surface area contributed by atoms with Crippen LogP contribution in [-0.2, 0) is 25.6 Å². The average molecular weight is 698 g/mol. The molecule has 0 aliphatic heterocycles. The lowest BCUT2D eigenvalue weighted by Gasteiger charge is -2.57. The van der Waals surface area contributed by atoms with Gasteiger partial charge in [0.2, 0.25) is 23.6 Å². The second kappa shape index (κ2) is 18.0. The molecule has 4 bridgehead atoms. The Hall–Kier alpha value is -4.40. The number of hydrogen-bond acceptors (Lipinski definition) is 7. The minimum atomic E-state index is -1.39. The number of amides is 5. The van der Waals surface area contributed by atoms with Crippen LogP contribution in [0.5, 0.6) is 0 Å². The van der Waals surface area contributed by atoms with Gasteiger partial charge in [0.1, 0.15) is 24.2 Å². The van der Waals surface area contributed by atoms with Crippen LogP contribution in [0, 0.1) is 23.2 Å². The smallest absolute Gasteiger partial charge is 0.405 e. The summed E-state index contributed by atoms with van der Waals surface area (Å²) in [6.07, 6.45) is 7.59. The number of nitrogens with one attached hydrogen (secondary N) is 4.